The normalized spacial score (nSPS) is 24.8. The van der Waals surface area contributed by atoms with E-state index in [1.54, 1.807) is 0 Å². The summed E-state index contributed by atoms with van der Waals surface area (Å²) in [6.07, 6.45) is -0.168. The second-order valence-corrected chi connectivity index (χ2v) is 6.18. The number of aryl methyl sites for hydroxylation is 1. The third kappa shape index (κ3) is 5.34. The molecule has 1 saturated carbocycles. The summed E-state index contributed by atoms with van der Waals surface area (Å²) in [5, 5.41) is 3.49. The minimum atomic E-state index is -4.01. The van der Waals surface area contributed by atoms with E-state index in [0.29, 0.717) is 18.9 Å². The predicted molar refractivity (Wildman–Crippen MR) is 79.2 cm³/mol. The molecule has 0 saturated heterocycles. The van der Waals surface area contributed by atoms with Crippen LogP contribution < -0.4 is 5.32 Å². The number of benzene rings is 1. The molecular weight excluding hydrogens is 275 g/mol. The first-order chi connectivity index (χ1) is 9.95. The SMILES string of the molecule is CC(CCc1ccccc1)NC1CCC(C(F)(F)F)CC1. The Hall–Kier alpha value is -1.03. The van der Waals surface area contributed by atoms with Gasteiger partial charge in [-0.3, -0.25) is 0 Å². The summed E-state index contributed by atoms with van der Waals surface area (Å²) in [5.41, 5.74) is 1.31. The highest BCUT2D eigenvalue weighted by atomic mass is 19.4. The zero-order valence-electron chi connectivity index (χ0n) is 12.5. The van der Waals surface area contributed by atoms with Crippen molar-refractivity contribution in [3.63, 3.8) is 0 Å². The van der Waals surface area contributed by atoms with Crippen LogP contribution in [0.5, 0.6) is 0 Å². The lowest BCUT2D eigenvalue weighted by molar-refractivity contribution is -0.182. The van der Waals surface area contributed by atoms with Gasteiger partial charge in [0.15, 0.2) is 0 Å². The van der Waals surface area contributed by atoms with Crippen LogP contribution in [0.3, 0.4) is 0 Å². The molecule has 1 aromatic rings. The fourth-order valence-electron chi connectivity index (χ4n) is 3.10. The standard InChI is InChI=1S/C17H24F3N/c1-13(7-8-14-5-3-2-4-6-14)21-16-11-9-15(10-12-16)17(18,19)20/h2-6,13,15-16,21H,7-12H2,1H3. The van der Waals surface area contributed by atoms with E-state index in [1.165, 1.54) is 5.56 Å². The smallest absolute Gasteiger partial charge is 0.311 e. The molecule has 1 unspecified atom stereocenters. The monoisotopic (exact) mass is 299 g/mol. The van der Waals surface area contributed by atoms with E-state index in [4.69, 9.17) is 0 Å². The van der Waals surface area contributed by atoms with Crippen molar-refractivity contribution in [2.75, 3.05) is 0 Å². The fraction of sp³-hybridized carbons (Fsp3) is 0.647. The quantitative estimate of drug-likeness (QED) is 0.829. The summed E-state index contributed by atoms with van der Waals surface area (Å²) in [5.74, 6) is -1.09. The molecule has 4 heteroatoms. The van der Waals surface area contributed by atoms with Crippen LogP contribution in [0, 0.1) is 5.92 Å². The van der Waals surface area contributed by atoms with Gasteiger partial charge >= 0.3 is 6.18 Å². The Morgan fingerprint density at radius 1 is 1.10 bits per heavy atom. The first-order valence-corrected chi connectivity index (χ1v) is 7.82. The van der Waals surface area contributed by atoms with Crippen LogP contribution in [0.1, 0.15) is 44.6 Å². The molecular formula is C17H24F3N. The molecule has 0 aliphatic heterocycles. The number of alkyl halides is 3. The van der Waals surface area contributed by atoms with E-state index in [1.807, 2.05) is 18.2 Å². The van der Waals surface area contributed by atoms with Crippen molar-refractivity contribution in [2.24, 2.45) is 5.92 Å². The molecule has 1 aliphatic rings. The van der Waals surface area contributed by atoms with Gasteiger partial charge in [-0.25, -0.2) is 0 Å². The van der Waals surface area contributed by atoms with Gasteiger partial charge in [0.1, 0.15) is 0 Å². The minimum Gasteiger partial charge on any atom is -0.311 e. The Morgan fingerprint density at radius 2 is 1.71 bits per heavy atom. The van der Waals surface area contributed by atoms with Crippen molar-refractivity contribution in [3.8, 4) is 0 Å². The number of nitrogens with one attached hydrogen (secondary N) is 1. The van der Waals surface area contributed by atoms with Gasteiger partial charge in [-0.05, 0) is 51.0 Å². The maximum Gasteiger partial charge on any atom is 0.391 e. The van der Waals surface area contributed by atoms with E-state index in [-0.39, 0.29) is 18.9 Å². The molecule has 1 nitrogen and oxygen atoms in total. The first-order valence-electron chi connectivity index (χ1n) is 7.82. The zero-order valence-corrected chi connectivity index (χ0v) is 12.5. The molecule has 1 aliphatic carbocycles. The van der Waals surface area contributed by atoms with Crippen molar-refractivity contribution in [1.29, 1.82) is 0 Å². The highest BCUT2D eigenvalue weighted by Crippen LogP contribution is 2.37. The molecule has 1 atom stereocenters. The Morgan fingerprint density at radius 3 is 2.29 bits per heavy atom. The Kier molecular flexibility index (Phi) is 5.68. The van der Waals surface area contributed by atoms with Crippen LogP contribution >= 0.6 is 0 Å². The first kappa shape index (κ1) is 16.3. The van der Waals surface area contributed by atoms with Crippen molar-refractivity contribution in [3.05, 3.63) is 35.9 Å². The lowest BCUT2D eigenvalue weighted by Gasteiger charge is -2.32. The van der Waals surface area contributed by atoms with Gasteiger partial charge in [0.05, 0.1) is 5.92 Å². The van der Waals surface area contributed by atoms with E-state index in [9.17, 15) is 13.2 Å². The van der Waals surface area contributed by atoms with E-state index < -0.39 is 12.1 Å². The van der Waals surface area contributed by atoms with Gasteiger partial charge < -0.3 is 5.32 Å². The molecule has 118 valence electrons. The molecule has 0 amide bonds. The van der Waals surface area contributed by atoms with Gasteiger partial charge in [-0.1, -0.05) is 30.3 Å². The third-order valence-corrected chi connectivity index (χ3v) is 4.42. The van der Waals surface area contributed by atoms with E-state index >= 15 is 0 Å². The number of hydrogen-bond donors (Lipinski definition) is 1. The van der Waals surface area contributed by atoms with Crippen molar-refractivity contribution in [1.82, 2.24) is 5.32 Å². The van der Waals surface area contributed by atoms with Crippen molar-refractivity contribution < 1.29 is 13.2 Å². The van der Waals surface area contributed by atoms with Gasteiger partial charge in [0.2, 0.25) is 0 Å². The molecule has 1 fully saturated rings. The van der Waals surface area contributed by atoms with Crippen molar-refractivity contribution >= 4 is 0 Å². The number of hydrogen-bond acceptors (Lipinski definition) is 1. The summed E-state index contributed by atoms with van der Waals surface area (Å²) in [6, 6.07) is 10.9. The summed E-state index contributed by atoms with van der Waals surface area (Å²) < 4.78 is 37.9. The molecule has 0 radical (unpaired) electrons. The number of halogens is 3. The Labute approximate surface area is 124 Å². The molecule has 0 spiro atoms. The molecule has 1 aromatic carbocycles. The van der Waals surface area contributed by atoms with Crippen LogP contribution in [-0.2, 0) is 6.42 Å². The maximum absolute atomic E-state index is 12.6. The molecule has 0 aromatic heterocycles. The van der Waals surface area contributed by atoms with Crippen LogP contribution in [-0.4, -0.2) is 18.3 Å². The minimum absolute atomic E-state index is 0.245. The molecule has 1 N–H and O–H groups in total. The number of rotatable bonds is 5. The van der Waals surface area contributed by atoms with Crippen LogP contribution in [0.4, 0.5) is 13.2 Å². The Balaban J connectivity index is 1.68. The van der Waals surface area contributed by atoms with Gasteiger partial charge in [-0.2, -0.15) is 13.2 Å². The predicted octanol–water partition coefficient (Wildman–Crippen LogP) is 4.72. The Bertz CT molecular complexity index is 408. The van der Waals surface area contributed by atoms with Crippen LogP contribution in [0.15, 0.2) is 30.3 Å². The van der Waals surface area contributed by atoms with E-state index in [2.05, 4.69) is 24.4 Å². The van der Waals surface area contributed by atoms with E-state index in [0.717, 1.165) is 12.8 Å². The molecule has 0 heterocycles. The lowest BCUT2D eigenvalue weighted by atomic mass is 9.85. The van der Waals surface area contributed by atoms with Gasteiger partial charge in [-0.15, -0.1) is 0 Å². The summed E-state index contributed by atoms with van der Waals surface area (Å²) in [7, 11) is 0. The second-order valence-electron chi connectivity index (χ2n) is 6.18. The summed E-state index contributed by atoms with van der Waals surface area (Å²) in [6.45, 7) is 2.12. The van der Waals surface area contributed by atoms with Crippen LogP contribution in [0.25, 0.3) is 0 Å². The molecule has 2 rings (SSSR count). The summed E-state index contributed by atoms with van der Waals surface area (Å²) in [4.78, 5) is 0. The molecule has 21 heavy (non-hydrogen) atoms. The summed E-state index contributed by atoms with van der Waals surface area (Å²) >= 11 is 0. The lowest BCUT2D eigenvalue weighted by Crippen LogP contribution is -2.41. The van der Waals surface area contributed by atoms with Crippen LogP contribution in [0.2, 0.25) is 0 Å². The largest absolute Gasteiger partial charge is 0.391 e. The van der Waals surface area contributed by atoms with Crippen molar-refractivity contribution in [2.45, 2.75) is 63.7 Å². The zero-order chi connectivity index (χ0) is 15.3. The van der Waals surface area contributed by atoms with Gasteiger partial charge in [0.25, 0.3) is 0 Å². The van der Waals surface area contributed by atoms with Gasteiger partial charge in [0, 0.05) is 12.1 Å². The maximum atomic E-state index is 12.6. The third-order valence-electron chi connectivity index (χ3n) is 4.42. The topological polar surface area (TPSA) is 12.0 Å². The average molecular weight is 299 g/mol. The second kappa shape index (κ2) is 7.30. The molecule has 0 bridgehead atoms. The average Bonchev–Trinajstić information content (AvgIpc) is 2.46. The highest BCUT2D eigenvalue weighted by Gasteiger charge is 2.41. The highest BCUT2D eigenvalue weighted by molar-refractivity contribution is 5.14. The fourth-order valence-corrected chi connectivity index (χ4v) is 3.10.